The fraction of sp³-hybridized carbons (Fsp3) is 0.190. The standard InChI is InChI=1S/C21H21FN4O/c1-21(2,16-6-8-17(22)9-7-16)13-24-19-11-10-18(25-26-19)14-4-3-5-15(12-14)20(23)27/h3-12H,13H2,1-2H3,(H2,23,27)(H,24,26). The van der Waals surface area contributed by atoms with E-state index in [0.717, 1.165) is 11.1 Å². The fourth-order valence-corrected chi connectivity index (χ4v) is 2.73. The number of primary amides is 1. The summed E-state index contributed by atoms with van der Waals surface area (Å²) in [5, 5.41) is 11.7. The maximum absolute atomic E-state index is 13.1. The molecule has 27 heavy (non-hydrogen) atoms. The molecule has 0 saturated carbocycles. The number of nitrogens with zero attached hydrogens (tertiary/aromatic N) is 2. The molecule has 3 N–H and O–H groups in total. The Labute approximate surface area is 157 Å². The summed E-state index contributed by atoms with van der Waals surface area (Å²) in [4.78, 5) is 11.3. The molecule has 138 valence electrons. The second kappa shape index (κ2) is 7.53. The Balaban J connectivity index is 1.70. The van der Waals surface area contributed by atoms with E-state index in [4.69, 9.17) is 5.73 Å². The van der Waals surface area contributed by atoms with E-state index in [1.807, 2.05) is 18.2 Å². The second-order valence-corrected chi connectivity index (χ2v) is 6.99. The summed E-state index contributed by atoms with van der Waals surface area (Å²) in [7, 11) is 0. The van der Waals surface area contributed by atoms with Crippen molar-refractivity contribution in [1.82, 2.24) is 10.2 Å². The molecule has 0 aliphatic rings. The molecule has 0 unspecified atom stereocenters. The van der Waals surface area contributed by atoms with Crippen LogP contribution >= 0.6 is 0 Å². The first-order chi connectivity index (χ1) is 12.8. The zero-order chi connectivity index (χ0) is 19.4. The normalized spacial score (nSPS) is 11.2. The highest BCUT2D eigenvalue weighted by Crippen LogP contribution is 2.24. The third kappa shape index (κ3) is 4.47. The van der Waals surface area contributed by atoms with E-state index in [-0.39, 0.29) is 11.2 Å². The molecular formula is C21H21FN4O. The molecule has 1 aromatic heterocycles. The predicted molar refractivity (Wildman–Crippen MR) is 104 cm³/mol. The first-order valence-corrected chi connectivity index (χ1v) is 8.59. The van der Waals surface area contributed by atoms with Crippen molar-refractivity contribution >= 4 is 11.7 Å². The first-order valence-electron chi connectivity index (χ1n) is 8.59. The number of rotatable bonds is 6. The number of halogens is 1. The zero-order valence-electron chi connectivity index (χ0n) is 15.2. The lowest BCUT2D eigenvalue weighted by Crippen LogP contribution is -2.28. The quantitative estimate of drug-likeness (QED) is 0.698. The number of carbonyl (C=O) groups is 1. The second-order valence-electron chi connectivity index (χ2n) is 6.99. The van der Waals surface area contributed by atoms with Crippen LogP contribution in [0.5, 0.6) is 0 Å². The molecule has 6 heteroatoms. The first kappa shape index (κ1) is 18.5. The summed E-state index contributed by atoms with van der Waals surface area (Å²) in [5.74, 6) is -0.0875. The largest absolute Gasteiger partial charge is 0.368 e. The van der Waals surface area contributed by atoms with Gasteiger partial charge in [-0.1, -0.05) is 38.1 Å². The van der Waals surface area contributed by atoms with Crippen LogP contribution < -0.4 is 11.1 Å². The van der Waals surface area contributed by atoms with Gasteiger partial charge >= 0.3 is 0 Å². The molecule has 3 rings (SSSR count). The van der Waals surface area contributed by atoms with Crippen LogP contribution in [0.2, 0.25) is 0 Å². The maximum atomic E-state index is 13.1. The number of nitrogens with one attached hydrogen (secondary N) is 1. The fourth-order valence-electron chi connectivity index (χ4n) is 2.73. The van der Waals surface area contributed by atoms with Crippen LogP contribution in [0.3, 0.4) is 0 Å². The van der Waals surface area contributed by atoms with Crippen molar-refractivity contribution in [3.63, 3.8) is 0 Å². The zero-order valence-corrected chi connectivity index (χ0v) is 15.2. The number of benzene rings is 2. The van der Waals surface area contributed by atoms with Gasteiger partial charge in [-0.3, -0.25) is 4.79 Å². The summed E-state index contributed by atoms with van der Waals surface area (Å²) >= 11 is 0. The minimum absolute atomic E-state index is 0.204. The molecule has 2 aromatic carbocycles. The number of amides is 1. The van der Waals surface area contributed by atoms with Crippen molar-refractivity contribution in [1.29, 1.82) is 0 Å². The van der Waals surface area contributed by atoms with E-state index < -0.39 is 5.91 Å². The monoisotopic (exact) mass is 364 g/mol. The van der Waals surface area contributed by atoms with Gasteiger partial charge in [-0.25, -0.2) is 4.39 Å². The van der Waals surface area contributed by atoms with Crippen molar-refractivity contribution < 1.29 is 9.18 Å². The summed E-state index contributed by atoms with van der Waals surface area (Å²) in [6.45, 7) is 4.76. The molecule has 0 radical (unpaired) electrons. The summed E-state index contributed by atoms with van der Waals surface area (Å²) in [6, 6.07) is 17.1. The molecule has 0 bridgehead atoms. The predicted octanol–water partition coefficient (Wildman–Crippen LogP) is 3.77. The Kier molecular flexibility index (Phi) is 5.16. The molecule has 3 aromatic rings. The number of hydrogen-bond donors (Lipinski definition) is 2. The van der Waals surface area contributed by atoms with Crippen LogP contribution in [0.25, 0.3) is 11.3 Å². The molecule has 1 amide bonds. The molecule has 0 saturated heterocycles. The third-order valence-corrected chi connectivity index (χ3v) is 4.44. The van der Waals surface area contributed by atoms with E-state index in [9.17, 15) is 9.18 Å². The van der Waals surface area contributed by atoms with Gasteiger partial charge in [-0.05, 0) is 42.0 Å². The van der Waals surface area contributed by atoms with Gasteiger partial charge in [0.05, 0.1) is 5.69 Å². The van der Waals surface area contributed by atoms with E-state index in [0.29, 0.717) is 23.6 Å². The lowest BCUT2D eigenvalue weighted by molar-refractivity contribution is 0.100. The van der Waals surface area contributed by atoms with Gasteiger partial charge in [0.25, 0.3) is 0 Å². The Hall–Kier alpha value is -3.28. The van der Waals surface area contributed by atoms with Crippen molar-refractivity contribution in [3.8, 4) is 11.3 Å². The molecule has 0 aliphatic carbocycles. The van der Waals surface area contributed by atoms with Crippen LogP contribution in [-0.2, 0) is 5.41 Å². The van der Waals surface area contributed by atoms with Gasteiger partial charge in [0, 0.05) is 23.1 Å². The smallest absolute Gasteiger partial charge is 0.248 e. The van der Waals surface area contributed by atoms with Crippen LogP contribution in [0.15, 0.2) is 60.7 Å². The van der Waals surface area contributed by atoms with Crippen molar-refractivity contribution in [2.24, 2.45) is 5.73 Å². The molecule has 0 aliphatic heterocycles. The van der Waals surface area contributed by atoms with Gasteiger partial charge in [0.1, 0.15) is 11.6 Å². The average molecular weight is 364 g/mol. The lowest BCUT2D eigenvalue weighted by atomic mass is 9.84. The SMILES string of the molecule is CC(C)(CNc1ccc(-c2cccc(C(N)=O)c2)nn1)c1ccc(F)cc1. The topological polar surface area (TPSA) is 80.9 Å². The summed E-state index contributed by atoms with van der Waals surface area (Å²) in [5.41, 5.74) is 8.00. The highest BCUT2D eigenvalue weighted by Gasteiger charge is 2.20. The Morgan fingerprint density at radius 3 is 2.44 bits per heavy atom. The highest BCUT2D eigenvalue weighted by molar-refractivity contribution is 5.93. The van der Waals surface area contributed by atoms with E-state index in [1.54, 1.807) is 30.3 Å². The van der Waals surface area contributed by atoms with E-state index in [2.05, 4.69) is 29.4 Å². The van der Waals surface area contributed by atoms with Gasteiger partial charge in [-0.15, -0.1) is 10.2 Å². The van der Waals surface area contributed by atoms with Crippen molar-refractivity contribution in [2.75, 3.05) is 11.9 Å². The Morgan fingerprint density at radius 2 is 1.81 bits per heavy atom. The van der Waals surface area contributed by atoms with Crippen LogP contribution in [-0.4, -0.2) is 22.6 Å². The van der Waals surface area contributed by atoms with E-state index in [1.165, 1.54) is 12.1 Å². The van der Waals surface area contributed by atoms with Gasteiger partial charge < -0.3 is 11.1 Å². The molecular weight excluding hydrogens is 343 g/mol. The Morgan fingerprint density at radius 1 is 1.07 bits per heavy atom. The highest BCUT2D eigenvalue weighted by atomic mass is 19.1. The Bertz CT molecular complexity index is 937. The van der Waals surface area contributed by atoms with Gasteiger partial charge in [0.15, 0.2) is 0 Å². The van der Waals surface area contributed by atoms with Crippen LogP contribution in [0.1, 0.15) is 29.8 Å². The summed E-state index contributed by atoms with van der Waals surface area (Å²) < 4.78 is 13.1. The number of nitrogens with two attached hydrogens (primary N) is 1. The van der Waals surface area contributed by atoms with Gasteiger partial charge in [0.2, 0.25) is 5.91 Å². The number of aromatic nitrogens is 2. The van der Waals surface area contributed by atoms with Crippen molar-refractivity contribution in [3.05, 3.63) is 77.6 Å². The molecule has 0 fully saturated rings. The molecule has 0 atom stereocenters. The van der Waals surface area contributed by atoms with E-state index >= 15 is 0 Å². The van der Waals surface area contributed by atoms with Crippen LogP contribution in [0.4, 0.5) is 10.2 Å². The van der Waals surface area contributed by atoms with Crippen LogP contribution in [0, 0.1) is 5.82 Å². The average Bonchev–Trinajstić information content (AvgIpc) is 2.67. The molecule has 0 spiro atoms. The maximum Gasteiger partial charge on any atom is 0.248 e. The third-order valence-electron chi connectivity index (χ3n) is 4.44. The summed E-state index contributed by atoms with van der Waals surface area (Å²) in [6.07, 6.45) is 0. The number of anilines is 1. The molecule has 5 nitrogen and oxygen atoms in total. The minimum Gasteiger partial charge on any atom is -0.368 e. The van der Waals surface area contributed by atoms with Gasteiger partial charge in [-0.2, -0.15) is 0 Å². The number of carbonyl (C=O) groups excluding carboxylic acids is 1. The number of hydrogen-bond acceptors (Lipinski definition) is 4. The van der Waals surface area contributed by atoms with Crippen molar-refractivity contribution in [2.45, 2.75) is 19.3 Å². The lowest BCUT2D eigenvalue weighted by Gasteiger charge is -2.25. The minimum atomic E-state index is -0.480. The molecule has 1 heterocycles.